The molecule has 0 bridgehead atoms. The van der Waals surface area contributed by atoms with Crippen molar-refractivity contribution in [1.82, 2.24) is 15.2 Å². The van der Waals surface area contributed by atoms with Crippen LogP contribution in [0.15, 0.2) is 48.7 Å². The van der Waals surface area contributed by atoms with E-state index in [1.54, 1.807) is 6.20 Å². The van der Waals surface area contributed by atoms with Gasteiger partial charge in [-0.1, -0.05) is 30.3 Å². The van der Waals surface area contributed by atoms with E-state index in [4.69, 9.17) is 0 Å². The van der Waals surface area contributed by atoms with E-state index >= 15 is 0 Å². The van der Waals surface area contributed by atoms with Gasteiger partial charge in [0.2, 0.25) is 5.91 Å². The van der Waals surface area contributed by atoms with Crippen LogP contribution in [0.5, 0.6) is 0 Å². The van der Waals surface area contributed by atoms with Crippen LogP contribution in [-0.4, -0.2) is 53.0 Å². The number of nitrogens with zero attached hydrogens (tertiary/aromatic N) is 2. The molecule has 1 atom stereocenters. The fourth-order valence-corrected chi connectivity index (χ4v) is 3.67. The molecule has 0 saturated carbocycles. The number of carboxylic acid groups (broad SMARTS) is 1. The van der Waals surface area contributed by atoms with Gasteiger partial charge in [-0.3, -0.25) is 9.59 Å². The van der Waals surface area contributed by atoms with Gasteiger partial charge in [0.15, 0.2) is 0 Å². The SMILES string of the molecule is O=C(O)CC1CCN(C(=O)CNCCCNc2ccccn2)Cc2ccccc21. The van der Waals surface area contributed by atoms with E-state index in [-0.39, 0.29) is 24.8 Å². The highest BCUT2D eigenvalue weighted by molar-refractivity contribution is 5.78. The molecule has 7 nitrogen and oxygen atoms in total. The molecule has 29 heavy (non-hydrogen) atoms. The summed E-state index contributed by atoms with van der Waals surface area (Å²) in [6, 6.07) is 13.6. The van der Waals surface area contributed by atoms with Crippen LogP contribution in [0.4, 0.5) is 5.82 Å². The van der Waals surface area contributed by atoms with E-state index in [0.717, 1.165) is 36.5 Å². The number of amides is 1. The number of carbonyl (C=O) groups is 2. The number of nitrogens with one attached hydrogen (secondary N) is 2. The summed E-state index contributed by atoms with van der Waals surface area (Å²) in [4.78, 5) is 29.9. The average molecular weight is 396 g/mol. The van der Waals surface area contributed by atoms with Crippen LogP contribution >= 0.6 is 0 Å². The first-order valence-electron chi connectivity index (χ1n) is 10.1. The molecule has 0 spiro atoms. The Balaban J connectivity index is 1.44. The zero-order valence-corrected chi connectivity index (χ0v) is 16.5. The summed E-state index contributed by atoms with van der Waals surface area (Å²) in [7, 11) is 0. The number of carboxylic acids is 1. The Kier molecular flexibility index (Phi) is 7.58. The fraction of sp³-hybridized carbons (Fsp3) is 0.409. The van der Waals surface area contributed by atoms with E-state index in [1.807, 2.05) is 47.4 Å². The molecule has 3 N–H and O–H groups in total. The summed E-state index contributed by atoms with van der Waals surface area (Å²) in [5, 5.41) is 15.7. The lowest BCUT2D eigenvalue weighted by Crippen LogP contribution is -2.38. The Labute approximate surface area is 171 Å². The van der Waals surface area contributed by atoms with Gasteiger partial charge in [-0.05, 0) is 48.6 Å². The van der Waals surface area contributed by atoms with Crippen LogP contribution in [0, 0.1) is 0 Å². The summed E-state index contributed by atoms with van der Waals surface area (Å²) in [6.45, 7) is 2.92. The van der Waals surface area contributed by atoms with Crippen molar-refractivity contribution in [3.05, 3.63) is 59.8 Å². The first-order valence-corrected chi connectivity index (χ1v) is 10.1. The standard InChI is InChI=1S/C22H28N4O3/c27-21(15-23-10-5-12-25-20-8-3-4-11-24-20)26-13-9-17(14-22(28)29)19-7-2-1-6-18(19)16-26/h1-4,6-8,11,17,23H,5,9-10,12-16H2,(H,24,25)(H,28,29). The van der Waals surface area contributed by atoms with Crippen molar-refractivity contribution in [1.29, 1.82) is 0 Å². The zero-order chi connectivity index (χ0) is 20.5. The number of benzene rings is 1. The Bertz CT molecular complexity index is 813. The van der Waals surface area contributed by atoms with Gasteiger partial charge >= 0.3 is 5.97 Å². The van der Waals surface area contributed by atoms with E-state index in [1.165, 1.54) is 0 Å². The summed E-state index contributed by atoms with van der Waals surface area (Å²) >= 11 is 0. The third-order valence-corrected chi connectivity index (χ3v) is 5.15. The lowest BCUT2D eigenvalue weighted by molar-refractivity contribution is -0.137. The number of aromatic nitrogens is 1. The van der Waals surface area contributed by atoms with Gasteiger partial charge in [-0.2, -0.15) is 0 Å². The van der Waals surface area contributed by atoms with Crippen molar-refractivity contribution < 1.29 is 14.7 Å². The van der Waals surface area contributed by atoms with Gasteiger partial charge in [-0.15, -0.1) is 0 Å². The number of pyridine rings is 1. The number of anilines is 1. The van der Waals surface area contributed by atoms with Crippen molar-refractivity contribution in [3.8, 4) is 0 Å². The van der Waals surface area contributed by atoms with Gasteiger partial charge in [0, 0.05) is 25.8 Å². The van der Waals surface area contributed by atoms with E-state index in [0.29, 0.717) is 19.5 Å². The van der Waals surface area contributed by atoms with Gasteiger partial charge in [0.05, 0.1) is 13.0 Å². The molecule has 7 heteroatoms. The summed E-state index contributed by atoms with van der Waals surface area (Å²) in [6.07, 6.45) is 3.40. The van der Waals surface area contributed by atoms with Gasteiger partial charge in [0.1, 0.15) is 5.82 Å². The van der Waals surface area contributed by atoms with Crippen LogP contribution in [0.3, 0.4) is 0 Å². The molecule has 0 fully saturated rings. The Morgan fingerprint density at radius 2 is 1.97 bits per heavy atom. The summed E-state index contributed by atoms with van der Waals surface area (Å²) in [5.41, 5.74) is 2.10. The van der Waals surface area contributed by atoms with Crippen molar-refractivity contribution in [2.24, 2.45) is 0 Å². The van der Waals surface area contributed by atoms with Crippen molar-refractivity contribution in [2.75, 3.05) is 31.5 Å². The van der Waals surface area contributed by atoms with Crippen LogP contribution in [0.1, 0.15) is 36.3 Å². The lowest BCUT2D eigenvalue weighted by Gasteiger charge is -2.21. The Hall–Kier alpha value is -2.93. The Morgan fingerprint density at radius 1 is 1.14 bits per heavy atom. The van der Waals surface area contributed by atoms with Gasteiger partial charge in [-0.25, -0.2) is 4.98 Å². The minimum atomic E-state index is -0.800. The first kappa shape index (κ1) is 20.8. The molecule has 1 unspecified atom stereocenters. The molecule has 2 heterocycles. The smallest absolute Gasteiger partial charge is 0.303 e. The molecule has 0 radical (unpaired) electrons. The van der Waals surface area contributed by atoms with Gasteiger partial charge in [0.25, 0.3) is 0 Å². The number of hydrogen-bond acceptors (Lipinski definition) is 5. The summed E-state index contributed by atoms with van der Waals surface area (Å²) < 4.78 is 0. The van der Waals surface area contributed by atoms with Gasteiger partial charge < -0.3 is 20.6 Å². The van der Waals surface area contributed by atoms with Crippen LogP contribution in [0.2, 0.25) is 0 Å². The maximum absolute atomic E-state index is 12.7. The molecule has 0 aliphatic carbocycles. The fourth-order valence-electron chi connectivity index (χ4n) is 3.67. The molecule has 1 amide bonds. The molecule has 2 aromatic rings. The number of rotatable bonds is 9. The molecule has 154 valence electrons. The molecule has 1 aromatic carbocycles. The highest BCUT2D eigenvalue weighted by atomic mass is 16.4. The van der Waals surface area contributed by atoms with E-state index in [2.05, 4.69) is 15.6 Å². The minimum Gasteiger partial charge on any atom is -0.481 e. The predicted molar refractivity (Wildman–Crippen MR) is 112 cm³/mol. The second-order valence-corrected chi connectivity index (χ2v) is 7.27. The predicted octanol–water partition coefficient (Wildman–Crippen LogP) is 2.46. The molecule has 1 aliphatic heterocycles. The molecule has 1 aromatic heterocycles. The van der Waals surface area contributed by atoms with Crippen molar-refractivity contribution in [2.45, 2.75) is 31.7 Å². The molecular weight excluding hydrogens is 368 g/mol. The minimum absolute atomic E-state index is 0.0490. The zero-order valence-electron chi connectivity index (χ0n) is 16.5. The van der Waals surface area contributed by atoms with Crippen LogP contribution in [-0.2, 0) is 16.1 Å². The average Bonchev–Trinajstić information content (AvgIpc) is 2.91. The summed E-state index contributed by atoms with van der Waals surface area (Å²) in [5.74, 6) is 0.0499. The molecule has 1 aliphatic rings. The number of aliphatic carboxylic acids is 1. The largest absolute Gasteiger partial charge is 0.481 e. The van der Waals surface area contributed by atoms with Crippen LogP contribution in [0.25, 0.3) is 0 Å². The second-order valence-electron chi connectivity index (χ2n) is 7.27. The molecular formula is C22H28N4O3. The van der Waals surface area contributed by atoms with Crippen molar-refractivity contribution >= 4 is 17.7 Å². The quantitative estimate of drug-likeness (QED) is 0.564. The third-order valence-electron chi connectivity index (χ3n) is 5.15. The maximum atomic E-state index is 12.7. The maximum Gasteiger partial charge on any atom is 0.303 e. The highest BCUT2D eigenvalue weighted by Crippen LogP contribution is 2.31. The van der Waals surface area contributed by atoms with E-state index < -0.39 is 5.97 Å². The Morgan fingerprint density at radius 3 is 2.76 bits per heavy atom. The number of carbonyl (C=O) groups excluding carboxylic acids is 1. The van der Waals surface area contributed by atoms with E-state index in [9.17, 15) is 14.7 Å². The van der Waals surface area contributed by atoms with Crippen molar-refractivity contribution in [3.63, 3.8) is 0 Å². The lowest BCUT2D eigenvalue weighted by atomic mass is 9.90. The number of fused-ring (bicyclic) bond motifs is 1. The second kappa shape index (κ2) is 10.6. The normalized spacial score (nSPS) is 16.0. The molecule has 0 saturated heterocycles. The third kappa shape index (κ3) is 6.29. The first-order chi connectivity index (χ1) is 14.1. The number of hydrogen-bond donors (Lipinski definition) is 3. The molecule has 3 rings (SSSR count). The van der Waals surface area contributed by atoms with Crippen LogP contribution < -0.4 is 10.6 Å². The highest BCUT2D eigenvalue weighted by Gasteiger charge is 2.26. The topological polar surface area (TPSA) is 94.6 Å². The monoisotopic (exact) mass is 396 g/mol.